The normalized spacial score (nSPS) is 24.9. The van der Waals surface area contributed by atoms with E-state index in [2.05, 4.69) is 36.7 Å². The maximum Gasteiger partial charge on any atom is 0.237 e. The van der Waals surface area contributed by atoms with Gasteiger partial charge >= 0.3 is 0 Å². The summed E-state index contributed by atoms with van der Waals surface area (Å²) in [4.78, 5) is 27.4. The lowest BCUT2D eigenvalue weighted by Crippen LogP contribution is -2.49. The van der Waals surface area contributed by atoms with Crippen LogP contribution in [0.25, 0.3) is 0 Å². The fourth-order valence-electron chi connectivity index (χ4n) is 5.53. The minimum absolute atomic E-state index is 0. The molecule has 0 unspecified atom stereocenters. The molecule has 6 nitrogen and oxygen atoms in total. The molecule has 10 heteroatoms. The fraction of sp³-hybridized carbons (Fsp3) is 0.462. The van der Waals surface area contributed by atoms with E-state index in [0.29, 0.717) is 41.2 Å². The standard InChI is InChI=1S/C26H30Cl2FN3O3.ClH/c1-25(2,3)13-20-26(16-11-18(29)17(28)12-19(16)31-24(26)35)21(14-6-4-7-15(27)10-14)22(32-20)23(34)30-8-5-9-33;/h4,6-7,10-12,20-22,32-33H,5,8-9,13H2,1-3H3,(H,30,34)(H,31,35);1H/t20-,21+,22-,26+;/m1./s1. The summed E-state index contributed by atoms with van der Waals surface area (Å²) in [6, 6.07) is 8.56. The summed E-state index contributed by atoms with van der Waals surface area (Å²) < 4.78 is 14.8. The molecular formula is C26H31Cl3FN3O3. The average molecular weight is 559 g/mol. The summed E-state index contributed by atoms with van der Waals surface area (Å²) in [7, 11) is 0. The molecule has 2 aliphatic rings. The van der Waals surface area contributed by atoms with Crippen molar-refractivity contribution in [2.24, 2.45) is 5.41 Å². The van der Waals surface area contributed by atoms with E-state index in [0.717, 1.165) is 0 Å². The number of halogens is 4. The van der Waals surface area contributed by atoms with E-state index in [9.17, 15) is 14.0 Å². The fourth-order valence-corrected chi connectivity index (χ4v) is 5.90. The summed E-state index contributed by atoms with van der Waals surface area (Å²) in [6.45, 7) is 6.41. The number of amides is 2. The Bertz CT molecular complexity index is 1160. The number of nitrogens with one attached hydrogen (secondary N) is 3. The molecule has 1 saturated heterocycles. The van der Waals surface area contributed by atoms with Crippen molar-refractivity contribution in [1.29, 1.82) is 0 Å². The van der Waals surface area contributed by atoms with Gasteiger partial charge < -0.3 is 21.1 Å². The van der Waals surface area contributed by atoms with Crippen molar-refractivity contribution in [3.63, 3.8) is 0 Å². The van der Waals surface area contributed by atoms with Crippen molar-refractivity contribution in [1.82, 2.24) is 10.6 Å². The third-order valence-electron chi connectivity index (χ3n) is 6.83. The van der Waals surface area contributed by atoms with Gasteiger partial charge in [-0.2, -0.15) is 0 Å². The molecule has 0 radical (unpaired) electrons. The van der Waals surface area contributed by atoms with E-state index in [1.165, 1.54) is 12.1 Å². The number of hydrogen-bond acceptors (Lipinski definition) is 4. The maximum atomic E-state index is 14.8. The van der Waals surface area contributed by atoms with Gasteiger partial charge in [0.1, 0.15) is 11.2 Å². The number of carbonyl (C=O) groups excluding carboxylic acids is 2. The molecule has 2 amide bonds. The van der Waals surface area contributed by atoms with Crippen molar-refractivity contribution < 1.29 is 19.1 Å². The summed E-state index contributed by atoms with van der Waals surface area (Å²) in [5.41, 5.74) is 0.122. The third kappa shape index (κ3) is 5.09. The van der Waals surface area contributed by atoms with E-state index >= 15 is 0 Å². The van der Waals surface area contributed by atoms with Crippen LogP contribution in [-0.2, 0) is 15.0 Å². The highest BCUT2D eigenvalue weighted by Gasteiger charge is 2.65. The predicted molar refractivity (Wildman–Crippen MR) is 143 cm³/mol. The Morgan fingerprint density at radius 2 is 1.94 bits per heavy atom. The highest BCUT2D eigenvalue weighted by atomic mass is 35.5. The highest BCUT2D eigenvalue weighted by molar-refractivity contribution is 6.31. The molecule has 1 spiro atoms. The zero-order valence-corrected chi connectivity index (χ0v) is 22.7. The Hall–Kier alpha value is -1.90. The maximum absolute atomic E-state index is 14.8. The smallest absolute Gasteiger partial charge is 0.237 e. The van der Waals surface area contributed by atoms with Crippen LogP contribution in [0.3, 0.4) is 0 Å². The topological polar surface area (TPSA) is 90.5 Å². The lowest BCUT2D eigenvalue weighted by Gasteiger charge is -2.37. The number of fused-ring (bicyclic) bond motifs is 2. The summed E-state index contributed by atoms with van der Waals surface area (Å²) in [5, 5.41) is 18.8. The van der Waals surface area contributed by atoms with Gasteiger partial charge in [0, 0.05) is 35.8 Å². The second-order valence-electron chi connectivity index (χ2n) is 10.5. The molecular weight excluding hydrogens is 528 g/mol. The largest absolute Gasteiger partial charge is 0.396 e. The Morgan fingerprint density at radius 1 is 1.22 bits per heavy atom. The van der Waals surface area contributed by atoms with Crippen molar-refractivity contribution >= 4 is 53.1 Å². The zero-order chi connectivity index (χ0) is 25.5. The van der Waals surface area contributed by atoms with Gasteiger partial charge in [0.15, 0.2) is 0 Å². The van der Waals surface area contributed by atoms with Gasteiger partial charge in [0.05, 0.1) is 11.1 Å². The average Bonchev–Trinajstić information content (AvgIpc) is 3.23. The number of aliphatic hydroxyl groups excluding tert-OH is 1. The van der Waals surface area contributed by atoms with Crippen molar-refractivity contribution in [3.8, 4) is 0 Å². The molecule has 2 aliphatic heterocycles. The molecule has 2 heterocycles. The lowest BCUT2D eigenvalue weighted by molar-refractivity contribution is -0.123. The van der Waals surface area contributed by atoms with Gasteiger partial charge in [0.2, 0.25) is 11.8 Å². The first-order chi connectivity index (χ1) is 16.5. The van der Waals surface area contributed by atoms with E-state index in [1.54, 1.807) is 18.2 Å². The van der Waals surface area contributed by atoms with Crippen molar-refractivity contribution in [2.45, 2.75) is 57.0 Å². The first-order valence-corrected chi connectivity index (χ1v) is 12.5. The number of hydrogen-bond donors (Lipinski definition) is 4. The molecule has 4 atom stereocenters. The van der Waals surface area contributed by atoms with Crippen LogP contribution < -0.4 is 16.0 Å². The van der Waals surface area contributed by atoms with Crippen LogP contribution in [0.1, 0.15) is 50.7 Å². The molecule has 2 aromatic carbocycles. The second-order valence-corrected chi connectivity index (χ2v) is 11.3. The van der Waals surface area contributed by atoms with Gasteiger partial charge in [-0.3, -0.25) is 9.59 Å². The minimum atomic E-state index is -1.28. The van der Waals surface area contributed by atoms with Gasteiger partial charge in [-0.25, -0.2) is 4.39 Å². The van der Waals surface area contributed by atoms with Crippen LogP contribution in [0.2, 0.25) is 10.0 Å². The summed E-state index contributed by atoms with van der Waals surface area (Å²) in [6.07, 6.45) is 0.950. The number of anilines is 1. The number of carbonyl (C=O) groups is 2. The SMILES string of the molecule is CC(C)(C)C[C@H]1N[C@@H](C(=O)NCCCO)[C@H](c2cccc(Cl)c2)[C@@]12C(=O)Nc1cc(Cl)c(F)cc12.Cl. The van der Waals surface area contributed by atoms with Crippen molar-refractivity contribution in [2.75, 3.05) is 18.5 Å². The molecule has 0 saturated carbocycles. The van der Waals surface area contributed by atoms with Gasteiger partial charge in [0.25, 0.3) is 0 Å². The van der Waals surface area contributed by atoms with E-state index in [-0.39, 0.29) is 41.3 Å². The van der Waals surface area contributed by atoms with Crippen LogP contribution in [0.4, 0.5) is 10.1 Å². The van der Waals surface area contributed by atoms with Crippen LogP contribution in [0.15, 0.2) is 36.4 Å². The Morgan fingerprint density at radius 3 is 2.58 bits per heavy atom. The van der Waals surface area contributed by atoms with Crippen LogP contribution in [0, 0.1) is 11.2 Å². The van der Waals surface area contributed by atoms with Crippen LogP contribution in [0.5, 0.6) is 0 Å². The highest BCUT2D eigenvalue weighted by Crippen LogP contribution is 2.57. The molecule has 0 aliphatic carbocycles. The Labute approximate surface area is 226 Å². The van der Waals surface area contributed by atoms with Gasteiger partial charge in [-0.15, -0.1) is 12.4 Å². The first-order valence-electron chi connectivity index (χ1n) is 11.7. The molecule has 1 fully saturated rings. The lowest BCUT2D eigenvalue weighted by atomic mass is 9.62. The third-order valence-corrected chi connectivity index (χ3v) is 7.35. The van der Waals surface area contributed by atoms with E-state index in [1.807, 2.05) is 6.07 Å². The number of aliphatic hydroxyl groups is 1. The Balaban J connectivity index is 0.00000361. The number of rotatable bonds is 6. The first kappa shape index (κ1) is 28.7. The quantitative estimate of drug-likeness (QED) is 0.383. The second kappa shape index (κ2) is 10.8. The summed E-state index contributed by atoms with van der Waals surface area (Å²) in [5.74, 6) is -1.91. The van der Waals surface area contributed by atoms with Crippen molar-refractivity contribution in [3.05, 3.63) is 63.4 Å². The van der Waals surface area contributed by atoms with E-state index in [4.69, 9.17) is 28.3 Å². The molecule has 4 rings (SSSR count). The van der Waals surface area contributed by atoms with Gasteiger partial charge in [-0.05, 0) is 53.6 Å². The number of benzene rings is 2. The molecule has 0 bridgehead atoms. The molecule has 36 heavy (non-hydrogen) atoms. The van der Waals surface area contributed by atoms with E-state index < -0.39 is 29.2 Å². The minimum Gasteiger partial charge on any atom is -0.396 e. The zero-order valence-electron chi connectivity index (χ0n) is 20.3. The van der Waals surface area contributed by atoms with Gasteiger partial charge in [-0.1, -0.05) is 56.1 Å². The Kier molecular flexibility index (Phi) is 8.63. The molecule has 196 valence electrons. The molecule has 4 N–H and O–H groups in total. The van der Waals surface area contributed by atoms with Crippen LogP contribution >= 0.6 is 35.6 Å². The van der Waals surface area contributed by atoms with Crippen LogP contribution in [-0.4, -0.2) is 42.2 Å². The monoisotopic (exact) mass is 557 g/mol. The predicted octanol–water partition coefficient (Wildman–Crippen LogP) is 4.80. The molecule has 2 aromatic rings. The molecule has 0 aromatic heterocycles. The summed E-state index contributed by atoms with van der Waals surface area (Å²) >= 11 is 12.4.